The largest absolute Gasteiger partial charge is 0.393 e. The molecule has 0 fully saturated rings. The van der Waals surface area contributed by atoms with Crippen molar-refractivity contribution in [2.75, 3.05) is 13.1 Å². The summed E-state index contributed by atoms with van der Waals surface area (Å²) in [7, 11) is -3.60. The second-order valence-electron chi connectivity index (χ2n) is 7.82. The molecule has 0 saturated carbocycles. The van der Waals surface area contributed by atoms with Gasteiger partial charge in [0.1, 0.15) is 0 Å². The van der Waals surface area contributed by atoms with E-state index >= 15 is 0 Å². The van der Waals surface area contributed by atoms with E-state index in [-0.39, 0.29) is 23.0 Å². The van der Waals surface area contributed by atoms with Gasteiger partial charge in [-0.2, -0.15) is 0 Å². The molecule has 0 saturated heterocycles. The molecule has 0 spiro atoms. The fourth-order valence-electron chi connectivity index (χ4n) is 2.76. The van der Waals surface area contributed by atoms with E-state index < -0.39 is 16.1 Å². The lowest BCUT2D eigenvalue weighted by Crippen LogP contribution is -2.49. The van der Waals surface area contributed by atoms with Crippen molar-refractivity contribution in [1.82, 2.24) is 14.9 Å². The molecular weight excluding hydrogens is 354 g/mol. The Labute approximate surface area is 155 Å². The first-order chi connectivity index (χ1) is 12.0. The van der Waals surface area contributed by atoms with Crippen LogP contribution in [-0.2, 0) is 23.0 Å². The number of aliphatic hydroxyl groups is 1. The summed E-state index contributed by atoms with van der Waals surface area (Å²) >= 11 is 0. The molecule has 2 rings (SSSR count). The first-order valence-corrected chi connectivity index (χ1v) is 10.3. The van der Waals surface area contributed by atoms with Crippen LogP contribution in [0.4, 0.5) is 4.79 Å². The van der Waals surface area contributed by atoms with Gasteiger partial charge in [0, 0.05) is 25.2 Å². The number of sulfonamides is 1. The van der Waals surface area contributed by atoms with Gasteiger partial charge in [-0.25, -0.2) is 17.9 Å². The molecule has 8 heteroatoms. The lowest BCUT2D eigenvalue weighted by molar-refractivity contribution is 0.183. The number of hydrogen-bond donors (Lipinski definition) is 3. The van der Waals surface area contributed by atoms with E-state index in [1.54, 1.807) is 30.0 Å². The highest BCUT2D eigenvalue weighted by Crippen LogP contribution is 2.23. The molecule has 1 aromatic rings. The summed E-state index contributed by atoms with van der Waals surface area (Å²) in [5.41, 5.74) is 1.61. The molecule has 0 unspecified atom stereocenters. The van der Waals surface area contributed by atoms with Gasteiger partial charge in [-0.1, -0.05) is 6.07 Å². The summed E-state index contributed by atoms with van der Waals surface area (Å²) in [6, 6.07) is 4.91. The molecule has 1 aliphatic heterocycles. The number of nitrogens with one attached hydrogen (secondary N) is 2. The Bertz CT molecular complexity index is 754. The maximum atomic E-state index is 12.4. The van der Waals surface area contributed by atoms with E-state index in [9.17, 15) is 18.3 Å². The molecular formula is C18H29N3O4S. The van der Waals surface area contributed by atoms with Crippen molar-refractivity contribution in [1.29, 1.82) is 0 Å². The van der Waals surface area contributed by atoms with E-state index in [0.717, 1.165) is 11.1 Å². The van der Waals surface area contributed by atoms with Crippen molar-refractivity contribution < 1.29 is 18.3 Å². The average molecular weight is 384 g/mol. The number of rotatable bonds is 5. The SMILES string of the molecule is C[C@H](O)CCNS(=O)(=O)c1ccc2c(c1)CCN(C(=O)NC(C)(C)C)C2. The van der Waals surface area contributed by atoms with Gasteiger partial charge in [0.25, 0.3) is 0 Å². The quantitative estimate of drug-likeness (QED) is 0.719. The Morgan fingerprint density at radius 2 is 2.00 bits per heavy atom. The predicted octanol–water partition coefficient (Wildman–Crippen LogP) is 1.60. The highest BCUT2D eigenvalue weighted by atomic mass is 32.2. The van der Waals surface area contributed by atoms with Crippen molar-refractivity contribution in [3.8, 4) is 0 Å². The van der Waals surface area contributed by atoms with E-state index in [1.807, 2.05) is 20.8 Å². The molecule has 1 atom stereocenters. The van der Waals surface area contributed by atoms with E-state index in [0.29, 0.717) is 25.9 Å². The van der Waals surface area contributed by atoms with Crippen LogP contribution < -0.4 is 10.0 Å². The van der Waals surface area contributed by atoms with Crippen LogP contribution in [0.15, 0.2) is 23.1 Å². The monoisotopic (exact) mass is 383 g/mol. The minimum Gasteiger partial charge on any atom is -0.393 e. The zero-order valence-electron chi connectivity index (χ0n) is 15.9. The normalized spacial score (nSPS) is 16.1. The van der Waals surface area contributed by atoms with Crippen LogP contribution >= 0.6 is 0 Å². The van der Waals surface area contributed by atoms with Gasteiger partial charge < -0.3 is 15.3 Å². The Kier molecular flexibility index (Phi) is 6.31. The minimum atomic E-state index is -3.60. The van der Waals surface area contributed by atoms with Gasteiger partial charge in [-0.3, -0.25) is 0 Å². The number of carbonyl (C=O) groups is 1. The van der Waals surface area contributed by atoms with Crippen LogP contribution in [0, 0.1) is 0 Å². The predicted molar refractivity (Wildman–Crippen MR) is 100 cm³/mol. The Morgan fingerprint density at radius 1 is 1.31 bits per heavy atom. The van der Waals surface area contributed by atoms with Crippen molar-refractivity contribution in [2.24, 2.45) is 0 Å². The van der Waals surface area contributed by atoms with Crippen molar-refractivity contribution in [3.05, 3.63) is 29.3 Å². The molecule has 26 heavy (non-hydrogen) atoms. The molecule has 2 amide bonds. The molecule has 1 heterocycles. The van der Waals surface area contributed by atoms with Gasteiger partial charge in [-0.15, -0.1) is 0 Å². The third-order valence-corrected chi connectivity index (χ3v) is 5.58. The second-order valence-corrected chi connectivity index (χ2v) is 9.58. The highest BCUT2D eigenvalue weighted by Gasteiger charge is 2.25. The second kappa shape index (κ2) is 7.94. The summed E-state index contributed by atoms with van der Waals surface area (Å²) in [5, 5.41) is 12.2. The third-order valence-electron chi connectivity index (χ3n) is 4.12. The third kappa shape index (κ3) is 5.69. The summed E-state index contributed by atoms with van der Waals surface area (Å²) in [5.74, 6) is 0. The molecule has 7 nitrogen and oxygen atoms in total. The molecule has 1 aliphatic rings. The number of amides is 2. The minimum absolute atomic E-state index is 0.111. The Morgan fingerprint density at radius 3 is 2.62 bits per heavy atom. The molecule has 0 bridgehead atoms. The Hall–Kier alpha value is -1.64. The summed E-state index contributed by atoms with van der Waals surface area (Å²) in [6.45, 7) is 8.63. The zero-order chi connectivity index (χ0) is 19.5. The molecule has 3 N–H and O–H groups in total. The van der Waals surface area contributed by atoms with E-state index in [1.165, 1.54) is 0 Å². The summed E-state index contributed by atoms with van der Waals surface area (Å²) in [4.78, 5) is 14.3. The maximum Gasteiger partial charge on any atom is 0.318 e. The van der Waals surface area contributed by atoms with E-state index in [4.69, 9.17) is 0 Å². The van der Waals surface area contributed by atoms with Crippen LogP contribution in [0.2, 0.25) is 0 Å². The number of urea groups is 1. The topological polar surface area (TPSA) is 98.7 Å². The lowest BCUT2D eigenvalue weighted by atomic mass is 10.00. The summed E-state index contributed by atoms with van der Waals surface area (Å²) in [6.07, 6.45) is 0.429. The van der Waals surface area contributed by atoms with Gasteiger partial charge >= 0.3 is 6.03 Å². The lowest BCUT2D eigenvalue weighted by Gasteiger charge is -2.32. The van der Waals surface area contributed by atoms with Gasteiger partial charge in [0.2, 0.25) is 10.0 Å². The summed E-state index contributed by atoms with van der Waals surface area (Å²) < 4.78 is 27.2. The molecule has 0 aromatic heterocycles. The zero-order valence-corrected chi connectivity index (χ0v) is 16.7. The standard InChI is InChI=1S/C18H29N3O4S/c1-13(22)7-9-19-26(24,25)16-6-5-15-12-21(10-8-14(15)11-16)17(23)20-18(2,3)4/h5-6,11,13,19,22H,7-10,12H2,1-4H3,(H,20,23)/t13-/m0/s1. The number of fused-ring (bicyclic) bond motifs is 1. The Balaban J connectivity index is 2.08. The number of aliphatic hydroxyl groups excluding tert-OH is 1. The fraction of sp³-hybridized carbons (Fsp3) is 0.611. The number of benzene rings is 1. The number of nitrogens with zero attached hydrogens (tertiary/aromatic N) is 1. The fourth-order valence-corrected chi connectivity index (χ4v) is 3.85. The van der Waals surface area contributed by atoms with Crippen LogP contribution in [-0.4, -0.2) is 49.2 Å². The molecule has 0 aliphatic carbocycles. The van der Waals surface area contributed by atoms with Gasteiger partial charge in [0.15, 0.2) is 0 Å². The van der Waals surface area contributed by atoms with E-state index in [2.05, 4.69) is 10.0 Å². The van der Waals surface area contributed by atoms with Crippen LogP contribution in [0.3, 0.4) is 0 Å². The molecule has 146 valence electrons. The van der Waals surface area contributed by atoms with Gasteiger partial charge in [0.05, 0.1) is 11.0 Å². The van der Waals surface area contributed by atoms with Gasteiger partial charge in [-0.05, 0) is 63.8 Å². The molecule has 0 radical (unpaired) electrons. The highest BCUT2D eigenvalue weighted by molar-refractivity contribution is 7.89. The number of carbonyl (C=O) groups excluding carboxylic acids is 1. The first kappa shape index (κ1) is 20.7. The van der Waals surface area contributed by atoms with Crippen LogP contribution in [0.1, 0.15) is 45.2 Å². The average Bonchev–Trinajstić information content (AvgIpc) is 2.51. The van der Waals surface area contributed by atoms with Crippen LogP contribution in [0.25, 0.3) is 0 Å². The smallest absolute Gasteiger partial charge is 0.318 e. The first-order valence-electron chi connectivity index (χ1n) is 8.84. The van der Waals surface area contributed by atoms with Crippen molar-refractivity contribution >= 4 is 16.1 Å². The van der Waals surface area contributed by atoms with Crippen molar-refractivity contribution in [2.45, 2.75) is 63.6 Å². The van der Waals surface area contributed by atoms with Crippen LogP contribution in [0.5, 0.6) is 0 Å². The molecule has 1 aromatic carbocycles. The van der Waals surface area contributed by atoms with Crippen molar-refractivity contribution in [3.63, 3.8) is 0 Å². The number of hydrogen-bond acceptors (Lipinski definition) is 4. The maximum absolute atomic E-state index is 12.4.